The van der Waals surface area contributed by atoms with Gasteiger partial charge in [-0.05, 0) is 57.0 Å². The summed E-state index contributed by atoms with van der Waals surface area (Å²) in [5.41, 5.74) is 5.06. The molecule has 0 atom stereocenters. The molecule has 0 radical (unpaired) electrons. The van der Waals surface area contributed by atoms with Crippen molar-refractivity contribution in [2.75, 3.05) is 26.7 Å². The molecule has 0 amide bonds. The first-order chi connectivity index (χ1) is 15.6. The average molecular weight is 436 g/mol. The molecule has 0 aliphatic carbocycles. The SMILES string of the molecule is CCc1cnc(CNC2CCN(CCn3c(=O)ccc4ncc(C)cc43)CC2)cc1OC. The smallest absolute Gasteiger partial charge is 0.251 e. The third kappa shape index (κ3) is 5.16. The number of ether oxygens (including phenoxy) is 1. The van der Waals surface area contributed by atoms with Crippen LogP contribution in [0, 0.1) is 6.92 Å². The maximum atomic E-state index is 12.5. The predicted octanol–water partition coefficient (Wildman–Crippen LogP) is 2.93. The lowest BCUT2D eigenvalue weighted by atomic mass is 10.0. The maximum Gasteiger partial charge on any atom is 0.251 e. The fraction of sp³-hybridized carbons (Fsp3) is 0.480. The number of hydrogen-bond donors (Lipinski definition) is 1. The van der Waals surface area contributed by atoms with Crippen LogP contribution in [0.2, 0.25) is 0 Å². The minimum Gasteiger partial charge on any atom is -0.496 e. The molecule has 3 aromatic heterocycles. The highest BCUT2D eigenvalue weighted by Gasteiger charge is 2.19. The molecule has 0 aromatic carbocycles. The molecule has 4 heterocycles. The van der Waals surface area contributed by atoms with Gasteiger partial charge in [0.2, 0.25) is 0 Å². The van der Waals surface area contributed by atoms with E-state index in [1.165, 1.54) is 0 Å². The van der Waals surface area contributed by atoms with E-state index >= 15 is 0 Å². The highest BCUT2D eigenvalue weighted by atomic mass is 16.5. The molecule has 170 valence electrons. The van der Waals surface area contributed by atoms with Gasteiger partial charge in [-0.3, -0.25) is 14.8 Å². The number of aromatic nitrogens is 3. The van der Waals surface area contributed by atoms with Crippen LogP contribution in [0.1, 0.15) is 36.6 Å². The summed E-state index contributed by atoms with van der Waals surface area (Å²) >= 11 is 0. The minimum absolute atomic E-state index is 0.0403. The van der Waals surface area contributed by atoms with Crippen LogP contribution in [-0.2, 0) is 19.5 Å². The van der Waals surface area contributed by atoms with Crippen molar-refractivity contribution in [2.45, 2.75) is 52.2 Å². The Morgan fingerprint density at radius 1 is 1.12 bits per heavy atom. The molecule has 7 nitrogen and oxygen atoms in total. The van der Waals surface area contributed by atoms with Gasteiger partial charge in [-0.25, -0.2) is 0 Å². The number of nitrogens with one attached hydrogen (secondary N) is 1. The average Bonchev–Trinajstić information content (AvgIpc) is 2.82. The number of nitrogens with zero attached hydrogens (tertiary/aromatic N) is 4. The van der Waals surface area contributed by atoms with Gasteiger partial charge in [0.15, 0.2) is 0 Å². The first-order valence-corrected chi connectivity index (χ1v) is 11.5. The van der Waals surface area contributed by atoms with Gasteiger partial charge >= 0.3 is 0 Å². The zero-order valence-electron chi connectivity index (χ0n) is 19.3. The molecule has 1 N–H and O–H groups in total. The fourth-order valence-corrected chi connectivity index (χ4v) is 4.41. The zero-order chi connectivity index (χ0) is 22.5. The van der Waals surface area contributed by atoms with Crippen LogP contribution in [0.15, 0.2) is 41.5 Å². The fourth-order valence-electron chi connectivity index (χ4n) is 4.41. The van der Waals surface area contributed by atoms with E-state index < -0.39 is 0 Å². The van der Waals surface area contributed by atoms with Gasteiger partial charge in [0.1, 0.15) is 5.75 Å². The summed E-state index contributed by atoms with van der Waals surface area (Å²) in [6.45, 7) is 8.49. The Balaban J connectivity index is 1.29. The Labute approximate surface area is 189 Å². The lowest BCUT2D eigenvalue weighted by molar-refractivity contribution is 0.191. The number of fused-ring (bicyclic) bond motifs is 1. The van der Waals surface area contributed by atoms with E-state index in [9.17, 15) is 4.79 Å². The lowest BCUT2D eigenvalue weighted by Gasteiger charge is -2.32. The summed E-state index contributed by atoms with van der Waals surface area (Å²) in [5, 5.41) is 3.65. The van der Waals surface area contributed by atoms with Crippen molar-refractivity contribution in [3.8, 4) is 5.75 Å². The van der Waals surface area contributed by atoms with Gasteiger partial charge in [0, 0.05) is 55.8 Å². The Morgan fingerprint density at radius 2 is 1.94 bits per heavy atom. The van der Waals surface area contributed by atoms with Crippen LogP contribution in [0.5, 0.6) is 5.75 Å². The number of likely N-dealkylation sites (tertiary alicyclic amines) is 1. The summed E-state index contributed by atoms with van der Waals surface area (Å²) in [4.78, 5) is 23.9. The monoisotopic (exact) mass is 435 g/mol. The quantitative estimate of drug-likeness (QED) is 0.587. The van der Waals surface area contributed by atoms with Gasteiger partial charge in [-0.1, -0.05) is 6.92 Å². The molecule has 0 saturated carbocycles. The largest absolute Gasteiger partial charge is 0.496 e. The Bertz CT molecular complexity index is 1120. The summed E-state index contributed by atoms with van der Waals surface area (Å²) < 4.78 is 7.35. The van der Waals surface area contributed by atoms with Crippen molar-refractivity contribution in [2.24, 2.45) is 0 Å². The summed E-state index contributed by atoms with van der Waals surface area (Å²) in [6, 6.07) is 8.01. The molecule has 0 spiro atoms. The molecule has 7 heteroatoms. The number of pyridine rings is 3. The molecular weight excluding hydrogens is 402 g/mol. The standard InChI is InChI=1S/C25H33N5O2/c1-4-19-16-26-21(14-24(19)32-3)17-27-20-7-9-29(10-8-20)11-12-30-23-13-18(2)15-28-22(23)5-6-25(30)31/h5-6,13-16,20,27H,4,7-12,17H2,1-3H3. The second-order valence-corrected chi connectivity index (χ2v) is 8.58. The van der Waals surface area contributed by atoms with Crippen LogP contribution in [0.25, 0.3) is 11.0 Å². The van der Waals surface area contributed by atoms with E-state index in [4.69, 9.17) is 4.74 Å². The topological polar surface area (TPSA) is 72.3 Å². The van der Waals surface area contributed by atoms with Crippen molar-refractivity contribution in [1.82, 2.24) is 24.8 Å². The van der Waals surface area contributed by atoms with Gasteiger partial charge in [0.25, 0.3) is 5.56 Å². The Kier molecular flexibility index (Phi) is 7.17. The maximum absolute atomic E-state index is 12.5. The second-order valence-electron chi connectivity index (χ2n) is 8.58. The van der Waals surface area contributed by atoms with Gasteiger partial charge in [-0.2, -0.15) is 0 Å². The van der Waals surface area contributed by atoms with E-state index in [1.54, 1.807) is 13.2 Å². The Morgan fingerprint density at radius 3 is 2.69 bits per heavy atom. The Hall–Kier alpha value is -2.77. The van der Waals surface area contributed by atoms with Crippen LogP contribution in [0.3, 0.4) is 0 Å². The van der Waals surface area contributed by atoms with Crippen LogP contribution in [-0.4, -0.2) is 52.2 Å². The van der Waals surface area contributed by atoms with Crippen molar-refractivity contribution in [3.63, 3.8) is 0 Å². The van der Waals surface area contributed by atoms with Crippen LogP contribution >= 0.6 is 0 Å². The van der Waals surface area contributed by atoms with Crippen LogP contribution in [0.4, 0.5) is 0 Å². The summed E-state index contributed by atoms with van der Waals surface area (Å²) in [5.74, 6) is 0.920. The lowest BCUT2D eigenvalue weighted by Crippen LogP contribution is -2.43. The number of hydrogen-bond acceptors (Lipinski definition) is 6. The third-order valence-electron chi connectivity index (χ3n) is 6.38. The zero-order valence-corrected chi connectivity index (χ0v) is 19.3. The molecule has 1 saturated heterocycles. The minimum atomic E-state index is 0.0403. The molecule has 4 rings (SSSR count). The summed E-state index contributed by atoms with van der Waals surface area (Å²) in [7, 11) is 1.71. The van der Waals surface area contributed by atoms with E-state index in [0.717, 1.165) is 79.0 Å². The van der Waals surface area contributed by atoms with Gasteiger partial charge in [0.05, 0.1) is 23.8 Å². The van der Waals surface area contributed by atoms with Gasteiger partial charge < -0.3 is 19.5 Å². The molecule has 1 aliphatic heterocycles. The van der Waals surface area contributed by atoms with E-state index in [1.807, 2.05) is 36.0 Å². The van der Waals surface area contributed by atoms with Crippen molar-refractivity contribution in [3.05, 3.63) is 63.8 Å². The molecule has 0 unspecified atom stereocenters. The van der Waals surface area contributed by atoms with Crippen LogP contribution < -0.4 is 15.6 Å². The highest BCUT2D eigenvalue weighted by molar-refractivity contribution is 5.74. The van der Waals surface area contributed by atoms with Crippen molar-refractivity contribution >= 4 is 11.0 Å². The molecule has 0 bridgehead atoms. The van der Waals surface area contributed by atoms with E-state index in [0.29, 0.717) is 12.6 Å². The number of piperidine rings is 1. The first kappa shape index (κ1) is 22.4. The van der Waals surface area contributed by atoms with Crippen molar-refractivity contribution in [1.29, 1.82) is 0 Å². The molecular formula is C25H33N5O2. The van der Waals surface area contributed by atoms with E-state index in [-0.39, 0.29) is 5.56 Å². The highest BCUT2D eigenvalue weighted by Crippen LogP contribution is 2.19. The number of aryl methyl sites for hydroxylation is 2. The predicted molar refractivity (Wildman–Crippen MR) is 127 cm³/mol. The third-order valence-corrected chi connectivity index (χ3v) is 6.38. The molecule has 1 aliphatic rings. The molecule has 32 heavy (non-hydrogen) atoms. The van der Waals surface area contributed by atoms with Crippen molar-refractivity contribution < 1.29 is 4.74 Å². The number of methoxy groups -OCH3 is 1. The normalized spacial score (nSPS) is 15.3. The molecule has 1 fully saturated rings. The second kappa shape index (κ2) is 10.2. The molecule has 3 aromatic rings. The van der Waals surface area contributed by atoms with Gasteiger partial charge in [-0.15, -0.1) is 0 Å². The number of rotatable bonds is 8. The summed E-state index contributed by atoms with van der Waals surface area (Å²) in [6.07, 6.45) is 6.87. The first-order valence-electron chi connectivity index (χ1n) is 11.5. The van der Waals surface area contributed by atoms with E-state index in [2.05, 4.69) is 33.2 Å².